The number of aliphatic hydroxyl groups excluding tert-OH is 1. The molecule has 0 radical (unpaired) electrons. The van der Waals surface area contributed by atoms with E-state index in [2.05, 4.69) is 62.5 Å². The quantitative estimate of drug-likeness (QED) is 0.850. The van der Waals surface area contributed by atoms with Crippen molar-refractivity contribution in [2.75, 3.05) is 11.9 Å². The van der Waals surface area contributed by atoms with Crippen LogP contribution in [0.2, 0.25) is 0 Å². The highest BCUT2D eigenvalue weighted by molar-refractivity contribution is 5.49. The molecule has 0 fully saturated rings. The number of aryl methyl sites for hydroxylation is 1. The van der Waals surface area contributed by atoms with Gasteiger partial charge in [0.2, 0.25) is 0 Å². The third-order valence-electron chi connectivity index (χ3n) is 4.00. The maximum absolute atomic E-state index is 9.87. The second-order valence-corrected chi connectivity index (χ2v) is 6.26. The summed E-state index contributed by atoms with van der Waals surface area (Å²) < 4.78 is 0. The van der Waals surface area contributed by atoms with Gasteiger partial charge in [0, 0.05) is 5.69 Å². The molecule has 2 heteroatoms. The average Bonchev–Trinajstić information content (AvgIpc) is 2.49. The second-order valence-electron chi connectivity index (χ2n) is 6.26. The van der Waals surface area contributed by atoms with E-state index in [0.717, 1.165) is 11.3 Å². The molecule has 2 aromatic rings. The van der Waals surface area contributed by atoms with Crippen molar-refractivity contribution >= 4 is 5.69 Å². The van der Waals surface area contributed by atoms with E-state index in [9.17, 15) is 5.11 Å². The topological polar surface area (TPSA) is 32.3 Å². The SMILES string of the molecule is Cc1ccc(NC(C)(CO)c2ccc(C(C)C)cc2)cc1. The minimum Gasteiger partial charge on any atom is -0.394 e. The van der Waals surface area contributed by atoms with Gasteiger partial charge in [0.25, 0.3) is 0 Å². The molecule has 0 aromatic heterocycles. The Balaban J connectivity index is 2.25. The summed E-state index contributed by atoms with van der Waals surface area (Å²) in [5, 5.41) is 13.3. The monoisotopic (exact) mass is 283 g/mol. The van der Waals surface area contributed by atoms with Crippen LogP contribution in [0.5, 0.6) is 0 Å². The number of aliphatic hydroxyl groups is 1. The van der Waals surface area contributed by atoms with Crippen molar-refractivity contribution in [2.45, 2.75) is 39.2 Å². The van der Waals surface area contributed by atoms with Gasteiger partial charge in [0.05, 0.1) is 12.1 Å². The molecule has 2 N–H and O–H groups in total. The first-order valence-electron chi connectivity index (χ1n) is 7.51. The smallest absolute Gasteiger partial charge is 0.0828 e. The first-order valence-corrected chi connectivity index (χ1v) is 7.51. The van der Waals surface area contributed by atoms with E-state index < -0.39 is 5.54 Å². The third kappa shape index (κ3) is 3.64. The van der Waals surface area contributed by atoms with Crippen LogP contribution in [0.1, 0.15) is 43.4 Å². The molecular formula is C19H25NO. The molecule has 2 nitrogen and oxygen atoms in total. The van der Waals surface area contributed by atoms with E-state index in [4.69, 9.17) is 0 Å². The van der Waals surface area contributed by atoms with E-state index in [0.29, 0.717) is 5.92 Å². The summed E-state index contributed by atoms with van der Waals surface area (Å²) in [5.74, 6) is 0.518. The van der Waals surface area contributed by atoms with Crippen LogP contribution in [0.4, 0.5) is 5.69 Å². The average molecular weight is 283 g/mol. The van der Waals surface area contributed by atoms with E-state index in [1.807, 2.05) is 19.1 Å². The van der Waals surface area contributed by atoms with E-state index in [1.54, 1.807) is 0 Å². The van der Waals surface area contributed by atoms with Crippen molar-refractivity contribution in [3.8, 4) is 0 Å². The third-order valence-corrected chi connectivity index (χ3v) is 4.00. The van der Waals surface area contributed by atoms with Gasteiger partial charge in [-0.05, 0) is 43.0 Å². The highest BCUT2D eigenvalue weighted by atomic mass is 16.3. The molecule has 0 bridgehead atoms. The Morgan fingerprint density at radius 1 is 1.00 bits per heavy atom. The van der Waals surface area contributed by atoms with Crippen molar-refractivity contribution in [3.63, 3.8) is 0 Å². The van der Waals surface area contributed by atoms with Gasteiger partial charge in [0.1, 0.15) is 0 Å². The number of nitrogens with one attached hydrogen (secondary N) is 1. The maximum atomic E-state index is 9.87. The number of anilines is 1. The lowest BCUT2D eigenvalue weighted by atomic mass is 9.90. The fourth-order valence-corrected chi connectivity index (χ4v) is 2.39. The molecule has 0 aliphatic heterocycles. The Kier molecular flexibility index (Phi) is 4.69. The summed E-state index contributed by atoms with van der Waals surface area (Å²) in [5.41, 5.74) is 4.17. The minimum absolute atomic E-state index is 0.0436. The van der Waals surface area contributed by atoms with Crippen LogP contribution in [0.25, 0.3) is 0 Å². The highest BCUT2D eigenvalue weighted by Gasteiger charge is 2.25. The summed E-state index contributed by atoms with van der Waals surface area (Å²) in [4.78, 5) is 0. The summed E-state index contributed by atoms with van der Waals surface area (Å²) in [6.07, 6.45) is 0. The summed E-state index contributed by atoms with van der Waals surface area (Å²) >= 11 is 0. The molecule has 1 atom stereocenters. The number of benzene rings is 2. The van der Waals surface area contributed by atoms with Crippen molar-refractivity contribution in [1.82, 2.24) is 0 Å². The van der Waals surface area contributed by atoms with Crippen LogP contribution >= 0.6 is 0 Å². The van der Waals surface area contributed by atoms with E-state index >= 15 is 0 Å². The first kappa shape index (κ1) is 15.6. The van der Waals surface area contributed by atoms with E-state index in [-0.39, 0.29) is 6.61 Å². The predicted octanol–water partition coefficient (Wildman–Crippen LogP) is 4.44. The normalized spacial score (nSPS) is 14.0. The molecule has 0 amide bonds. The predicted molar refractivity (Wildman–Crippen MR) is 89.8 cm³/mol. The van der Waals surface area contributed by atoms with Gasteiger partial charge in [-0.1, -0.05) is 55.8 Å². The zero-order chi connectivity index (χ0) is 15.5. The molecule has 0 saturated carbocycles. The molecule has 0 heterocycles. The van der Waals surface area contributed by atoms with Crippen LogP contribution in [-0.4, -0.2) is 11.7 Å². The van der Waals surface area contributed by atoms with Gasteiger partial charge in [-0.3, -0.25) is 0 Å². The Bertz CT molecular complexity index is 572. The molecule has 112 valence electrons. The fourth-order valence-electron chi connectivity index (χ4n) is 2.39. The summed E-state index contributed by atoms with van der Waals surface area (Å²) in [6, 6.07) is 16.7. The largest absolute Gasteiger partial charge is 0.394 e. The zero-order valence-corrected chi connectivity index (χ0v) is 13.4. The van der Waals surface area contributed by atoms with Gasteiger partial charge in [0.15, 0.2) is 0 Å². The van der Waals surface area contributed by atoms with Crippen LogP contribution < -0.4 is 5.32 Å². The van der Waals surface area contributed by atoms with Gasteiger partial charge in [-0.2, -0.15) is 0 Å². The number of hydrogen-bond acceptors (Lipinski definition) is 2. The van der Waals surface area contributed by atoms with Crippen LogP contribution in [0, 0.1) is 6.92 Å². The van der Waals surface area contributed by atoms with Gasteiger partial charge in [-0.15, -0.1) is 0 Å². The zero-order valence-electron chi connectivity index (χ0n) is 13.4. The lowest BCUT2D eigenvalue weighted by Gasteiger charge is -2.31. The molecule has 2 rings (SSSR count). The van der Waals surface area contributed by atoms with E-state index in [1.165, 1.54) is 11.1 Å². The Labute approximate surface area is 127 Å². The second kappa shape index (κ2) is 6.31. The van der Waals surface area contributed by atoms with Gasteiger partial charge >= 0.3 is 0 Å². The number of rotatable bonds is 5. The molecule has 0 saturated heterocycles. The summed E-state index contributed by atoms with van der Waals surface area (Å²) in [6.45, 7) is 8.51. The minimum atomic E-state index is -0.481. The van der Waals surface area contributed by atoms with Crippen molar-refractivity contribution < 1.29 is 5.11 Å². The van der Waals surface area contributed by atoms with Crippen molar-refractivity contribution in [2.24, 2.45) is 0 Å². The fraction of sp³-hybridized carbons (Fsp3) is 0.368. The molecule has 1 unspecified atom stereocenters. The molecule has 0 aliphatic rings. The van der Waals surface area contributed by atoms with Crippen LogP contribution in [-0.2, 0) is 5.54 Å². The summed E-state index contributed by atoms with van der Waals surface area (Å²) in [7, 11) is 0. The molecule has 21 heavy (non-hydrogen) atoms. The van der Waals surface area contributed by atoms with Gasteiger partial charge in [-0.25, -0.2) is 0 Å². The lowest BCUT2D eigenvalue weighted by molar-refractivity contribution is 0.224. The Hall–Kier alpha value is -1.80. The van der Waals surface area contributed by atoms with Crippen LogP contribution in [0.15, 0.2) is 48.5 Å². The van der Waals surface area contributed by atoms with Crippen LogP contribution in [0.3, 0.4) is 0 Å². The Morgan fingerprint density at radius 3 is 2.05 bits per heavy atom. The molecular weight excluding hydrogens is 258 g/mol. The van der Waals surface area contributed by atoms with Crippen molar-refractivity contribution in [1.29, 1.82) is 0 Å². The molecule has 2 aromatic carbocycles. The molecule has 0 aliphatic carbocycles. The molecule has 0 spiro atoms. The van der Waals surface area contributed by atoms with Gasteiger partial charge < -0.3 is 10.4 Å². The number of hydrogen-bond donors (Lipinski definition) is 2. The van der Waals surface area contributed by atoms with Crippen molar-refractivity contribution in [3.05, 3.63) is 65.2 Å². The lowest BCUT2D eigenvalue weighted by Crippen LogP contribution is -2.35. The Morgan fingerprint density at radius 2 is 1.57 bits per heavy atom. The highest BCUT2D eigenvalue weighted by Crippen LogP contribution is 2.27. The maximum Gasteiger partial charge on any atom is 0.0828 e. The first-order chi connectivity index (χ1) is 9.94. The standard InChI is InChI=1S/C19H25NO/c1-14(2)16-7-9-17(10-8-16)19(4,13-21)20-18-11-5-15(3)6-12-18/h5-12,14,20-21H,13H2,1-4H3.